The largest absolute Gasteiger partial charge is 0.468 e. The van der Waals surface area contributed by atoms with Crippen molar-refractivity contribution in [3.8, 4) is 0 Å². The van der Waals surface area contributed by atoms with Gasteiger partial charge in [0, 0.05) is 11.8 Å². The Labute approximate surface area is 77.1 Å². The van der Waals surface area contributed by atoms with Crippen LogP contribution in [0.1, 0.15) is 25.7 Å². The summed E-state index contributed by atoms with van der Waals surface area (Å²) in [5, 5.41) is 9.61. The van der Waals surface area contributed by atoms with Crippen LogP contribution < -0.4 is 5.73 Å². The molecular weight excluding hydrogens is 170 g/mol. The highest BCUT2D eigenvalue weighted by molar-refractivity contribution is 5.84. The van der Waals surface area contributed by atoms with E-state index in [4.69, 9.17) is 5.73 Å². The van der Waals surface area contributed by atoms with Gasteiger partial charge in [-0.2, -0.15) is 0 Å². The van der Waals surface area contributed by atoms with E-state index in [2.05, 4.69) is 4.74 Å². The molecule has 3 N–H and O–H groups in total. The van der Waals surface area contributed by atoms with Gasteiger partial charge in [0.1, 0.15) is 5.54 Å². The standard InChI is InChI=1S/C9H15NO3/c1-13-7(12)9(10)5-6(11)8(9)3-2-4-8/h6,11H,2-5,10H2,1H3. The molecule has 2 aliphatic carbocycles. The van der Waals surface area contributed by atoms with Crippen LogP contribution in [-0.4, -0.2) is 29.8 Å². The van der Waals surface area contributed by atoms with Gasteiger partial charge in [0.05, 0.1) is 13.2 Å². The first-order valence-corrected chi connectivity index (χ1v) is 4.62. The lowest BCUT2D eigenvalue weighted by molar-refractivity contribution is -0.207. The highest BCUT2D eigenvalue weighted by Crippen LogP contribution is 2.61. The van der Waals surface area contributed by atoms with Crippen molar-refractivity contribution < 1.29 is 14.6 Å². The Bertz CT molecular complexity index is 249. The molecular formula is C9H15NO3. The lowest BCUT2D eigenvalue weighted by Gasteiger charge is -2.63. The van der Waals surface area contributed by atoms with Gasteiger partial charge in [-0.05, 0) is 12.8 Å². The highest BCUT2D eigenvalue weighted by Gasteiger charge is 2.70. The fourth-order valence-corrected chi connectivity index (χ4v) is 2.68. The molecule has 0 saturated heterocycles. The lowest BCUT2D eigenvalue weighted by Crippen LogP contribution is -2.77. The maximum absolute atomic E-state index is 11.4. The van der Waals surface area contributed by atoms with Gasteiger partial charge in [0.15, 0.2) is 0 Å². The van der Waals surface area contributed by atoms with Crippen LogP contribution >= 0.6 is 0 Å². The molecule has 2 aliphatic rings. The number of esters is 1. The van der Waals surface area contributed by atoms with Crippen LogP contribution in [0, 0.1) is 5.41 Å². The summed E-state index contributed by atoms with van der Waals surface area (Å²) in [4.78, 5) is 11.4. The molecule has 2 atom stereocenters. The van der Waals surface area contributed by atoms with Crippen molar-refractivity contribution >= 4 is 5.97 Å². The zero-order chi connectivity index (χ0) is 9.69. The van der Waals surface area contributed by atoms with Crippen LogP contribution in [0.4, 0.5) is 0 Å². The Hall–Kier alpha value is -0.610. The molecule has 0 aromatic rings. The molecule has 74 valence electrons. The first-order chi connectivity index (χ1) is 6.07. The summed E-state index contributed by atoms with van der Waals surface area (Å²) in [5.74, 6) is -0.377. The van der Waals surface area contributed by atoms with Gasteiger partial charge in [-0.25, -0.2) is 0 Å². The Morgan fingerprint density at radius 2 is 2.23 bits per heavy atom. The Morgan fingerprint density at radius 1 is 1.62 bits per heavy atom. The zero-order valence-corrected chi connectivity index (χ0v) is 7.75. The minimum Gasteiger partial charge on any atom is -0.468 e. The number of rotatable bonds is 1. The van der Waals surface area contributed by atoms with Crippen LogP contribution in [-0.2, 0) is 9.53 Å². The number of nitrogens with two attached hydrogens (primary N) is 1. The molecule has 0 aromatic carbocycles. The number of hydrogen-bond donors (Lipinski definition) is 2. The maximum Gasteiger partial charge on any atom is 0.326 e. The summed E-state index contributed by atoms with van der Waals surface area (Å²) in [6.07, 6.45) is 2.68. The fourth-order valence-electron chi connectivity index (χ4n) is 2.68. The molecule has 13 heavy (non-hydrogen) atoms. The SMILES string of the molecule is COC(=O)C1(N)CC(O)C12CCC2. The molecule has 2 fully saturated rings. The second kappa shape index (κ2) is 2.45. The zero-order valence-electron chi connectivity index (χ0n) is 7.75. The fraction of sp³-hybridized carbons (Fsp3) is 0.889. The third kappa shape index (κ3) is 0.802. The molecule has 0 radical (unpaired) electrons. The summed E-state index contributed by atoms with van der Waals surface area (Å²) < 4.78 is 4.66. The molecule has 2 rings (SSSR count). The van der Waals surface area contributed by atoms with Crippen molar-refractivity contribution in [1.29, 1.82) is 0 Å². The molecule has 2 unspecified atom stereocenters. The number of carbonyl (C=O) groups excluding carboxylic acids is 1. The van der Waals surface area contributed by atoms with Crippen molar-refractivity contribution in [2.24, 2.45) is 11.1 Å². The van der Waals surface area contributed by atoms with Gasteiger partial charge < -0.3 is 15.6 Å². The van der Waals surface area contributed by atoms with E-state index in [9.17, 15) is 9.90 Å². The molecule has 0 bridgehead atoms. The average Bonchev–Trinajstić information content (AvgIpc) is 1.98. The number of aliphatic hydroxyl groups is 1. The number of ether oxygens (including phenoxy) is 1. The van der Waals surface area contributed by atoms with Gasteiger partial charge >= 0.3 is 5.97 Å². The van der Waals surface area contributed by atoms with E-state index in [1.165, 1.54) is 7.11 Å². The predicted octanol–water partition coefficient (Wildman–Crippen LogP) is -0.208. The second-order valence-electron chi connectivity index (χ2n) is 4.19. The number of aliphatic hydroxyl groups excluding tert-OH is 1. The van der Waals surface area contributed by atoms with Crippen molar-refractivity contribution in [2.75, 3.05) is 7.11 Å². The number of hydrogen-bond acceptors (Lipinski definition) is 4. The van der Waals surface area contributed by atoms with Gasteiger partial charge in [-0.15, -0.1) is 0 Å². The third-order valence-electron chi connectivity index (χ3n) is 3.84. The van der Waals surface area contributed by atoms with Crippen molar-refractivity contribution in [3.63, 3.8) is 0 Å². The van der Waals surface area contributed by atoms with E-state index in [1.54, 1.807) is 0 Å². The van der Waals surface area contributed by atoms with E-state index in [0.29, 0.717) is 6.42 Å². The molecule has 0 aromatic heterocycles. The van der Waals surface area contributed by atoms with Crippen molar-refractivity contribution in [3.05, 3.63) is 0 Å². The third-order valence-corrected chi connectivity index (χ3v) is 3.84. The minimum atomic E-state index is -0.917. The van der Waals surface area contributed by atoms with Crippen LogP contribution in [0.25, 0.3) is 0 Å². The molecule has 0 aliphatic heterocycles. The lowest BCUT2D eigenvalue weighted by atomic mass is 9.44. The van der Waals surface area contributed by atoms with Gasteiger partial charge in [0.2, 0.25) is 0 Å². The maximum atomic E-state index is 11.4. The summed E-state index contributed by atoms with van der Waals surface area (Å²) >= 11 is 0. The molecule has 0 amide bonds. The Kier molecular flexibility index (Phi) is 1.69. The van der Waals surface area contributed by atoms with E-state index < -0.39 is 11.6 Å². The summed E-state index contributed by atoms with van der Waals surface area (Å²) in [6, 6.07) is 0. The average molecular weight is 185 g/mol. The number of methoxy groups -OCH3 is 1. The Morgan fingerprint density at radius 3 is 2.54 bits per heavy atom. The Balaban J connectivity index is 2.21. The first-order valence-electron chi connectivity index (χ1n) is 4.62. The van der Waals surface area contributed by atoms with E-state index in [0.717, 1.165) is 19.3 Å². The molecule has 4 nitrogen and oxygen atoms in total. The van der Waals surface area contributed by atoms with Crippen molar-refractivity contribution in [2.45, 2.75) is 37.3 Å². The minimum absolute atomic E-state index is 0.347. The topological polar surface area (TPSA) is 72.5 Å². The monoisotopic (exact) mass is 185 g/mol. The quantitative estimate of drug-likeness (QED) is 0.554. The molecule has 1 spiro atoms. The first kappa shape index (κ1) is 8.97. The van der Waals surface area contributed by atoms with Crippen LogP contribution in [0.15, 0.2) is 0 Å². The molecule has 2 saturated carbocycles. The number of carbonyl (C=O) groups is 1. The van der Waals surface area contributed by atoms with E-state index in [1.807, 2.05) is 0 Å². The smallest absolute Gasteiger partial charge is 0.326 e. The van der Waals surface area contributed by atoms with E-state index >= 15 is 0 Å². The predicted molar refractivity (Wildman–Crippen MR) is 45.8 cm³/mol. The molecule has 0 heterocycles. The highest BCUT2D eigenvalue weighted by atomic mass is 16.5. The molecule has 4 heteroatoms. The van der Waals surface area contributed by atoms with Crippen LogP contribution in [0.2, 0.25) is 0 Å². The van der Waals surface area contributed by atoms with Crippen LogP contribution in [0.3, 0.4) is 0 Å². The van der Waals surface area contributed by atoms with Gasteiger partial charge in [-0.1, -0.05) is 6.42 Å². The van der Waals surface area contributed by atoms with Gasteiger partial charge in [0.25, 0.3) is 0 Å². The summed E-state index contributed by atoms with van der Waals surface area (Å²) in [7, 11) is 1.34. The van der Waals surface area contributed by atoms with Crippen molar-refractivity contribution in [1.82, 2.24) is 0 Å². The summed E-state index contributed by atoms with van der Waals surface area (Å²) in [6.45, 7) is 0. The van der Waals surface area contributed by atoms with Gasteiger partial charge in [-0.3, -0.25) is 4.79 Å². The summed E-state index contributed by atoms with van der Waals surface area (Å²) in [5.41, 5.74) is 4.67. The normalized spacial score (nSPS) is 40.7. The van der Waals surface area contributed by atoms with Crippen LogP contribution in [0.5, 0.6) is 0 Å². The second-order valence-corrected chi connectivity index (χ2v) is 4.19. The van der Waals surface area contributed by atoms with E-state index in [-0.39, 0.29) is 11.4 Å².